The number of halogens is 1. The third-order valence-electron chi connectivity index (χ3n) is 5.60. The summed E-state index contributed by atoms with van der Waals surface area (Å²) < 4.78 is 29.6. The predicted molar refractivity (Wildman–Crippen MR) is 118 cm³/mol. The maximum absolute atomic E-state index is 14.1. The Morgan fingerprint density at radius 3 is 2.61 bits per heavy atom. The highest BCUT2D eigenvalue weighted by Crippen LogP contribution is 2.34. The second-order valence-electron chi connectivity index (χ2n) is 8.22. The van der Waals surface area contributed by atoms with Crippen molar-refractivity contribution in [1.82, 2.24) is 15.5 Å². The lowest BCUT2D eigenvalue weighted by molar-refractivity contribution is -0.121. The smallest absolute Gasteiger partial charge is 0.227 e. The lowest BCUT2D eigenvalue weighted by Crippen LogP contribution is -2.45. The van der Waals surface area contributed by atoms with E-state index in [0.29, 0.717) is 24.0 Å². The molecule has 2 N–H and O–H groups in total. The molecular weight excluding hydrogens is 431 g/mol. The molecule has 0 bridgehead atoms. The molecule has 1 aliphatic carbocycles. The first-order valence-electron chi connectivity index (χ1n) is 11.2. The van der Waals surface area contributed by atoms with Crippen LogP contribution in [0.25, 0.3) is 0 Å². The van der Waals surface area contributed by atoms with Crippen LogP contribution in [0.1, 0.15) is 63.6 Å². The maximum atomic E-state index is 14.1. The van der Waals surface area contributed by atoms with Crippen LogP contribution in [0.2, 0.25) is 0 Å². The molecule has 0 saturated heterocycles. The van der Waals surface area contributed by atoms with Crippen LogP contribution in [0.5, 0.6) is 5.75 Å². The molecule has 0 unspecified atom stereocenters. The molecule has 2 aromatic rings. The molecule has 0 spiro atoms. The molecule has 9 nitrogen and oxygen atoms in total. The molecule has 10 heteroatoms. The van der Waals surface area contributed by atoms with Gasteiger partial charge in [-0.3, -0.25) is 9.59 Å². The Balaban J connectivity index is 1.56. The number of benzene rings is 1. The van der Waals surface area contributed by atoms with Crippen molar-refractivity contribution < 1.29 is 28.0 Å². The van der Waals surface area contributed by atoms with Crippen LogP contribution >= 0.6 is 0 Å². The van der Waals surface area contributed by atoms with E-state index in [0.717, 1.165) is 38.5 Å². The second kappa shape index (κ2) is 11.7. The summed E-state index contributed by atoms with van der Waals surface area (Å²) >= 11 is 0. The summed E-state index contributed by atoms with van der Waals surface area (Å²) in [5.41, 5.74) is -0.303. The van der Waals surface area contributed by atoms with E-state index in [1.165, 1.54) is 26.2 Å². The van der Waals surface area contributed by atoms with E-state index >= 15 is 0 Å². The summed E-state index contributed by atoms with van der Waals surface area (Å²) in [7, 11) is 1.53. The highest BCUT2D eigenvalue weighted by molar-refractivity contribution is 5.90. The van der Waals surface area contributed by atoms with Gasteiger partial charge in [0, 0.05) is 38.6 Å². The molecule has 1 aromatic heterocycles. The van der Waals surface area contributed by atoms with Gasteiger partial charge in [-0.2, -0.15) is 4.98 Å². The number of hydrogen-bond donors (Lipinski definition) is 2. The monoisotopic (exact) mass is 462 g/mol. The molecule has 1 aromatic carbocycles. The average molecular weight is 463 g/mol. The van der Waals surface area contributed by atoms with E-state index in [2.05, 4.69) is 20.8 Å². The van der Waals surface area contributed by atoms with E-state index in [4.69, 9.17) is 14.0 Å². The SMILES string of the molecule is COCCOc1ccc(NC(=O)CCc2nc(C3(NC(C)=O)CCCCCC3)no2)cc1F. The van der Waals surface area contributed by atoms with E-state index in [1.807, 2.05) is 0 Å². The summed E-state index contributed by atoms with van der Waals surface area (Å²) in [5, 5.41) is 9.80. The van der Waals surface area contributed by atoms with E-state index in [9.17, 15) is 14.0 Å². The van der Waals surface area contributed by atoms with E-state index in [-0.39, 0.29) is 37.0 Å². The van der Waals surface area contributed by atoms with E-state index in [1.54, 1.807) is 6.07 Å². The Kier molecular flexibility index (Phi) is 8.76. The lowest BCUT2D eigenvalue weighted by atomic mass is 9.89. The van der Waals surface area contributed by atoms with Gasteiger partial charge >= 0.3 is 0 Å². The number of carbonyl (C=O) groups excluding carboxylic acids is 2. The maximum Gasteiger partial charge on any atom is 0.227 e. The van der Waals surface area contributed by atoms with Crippen LogP contribution in [0.15, 0.2) is 22.7 Å². The van der Waals surface area contributed by atoms with Crippen molar-refractivity contribution >= 4 is 17.5 Å². The van der Waals surface area contributed by atoms with Gasteiger partial charge in [0.1, 0.15) is 12.1 Å². The third-order valence-corrected chi connectivity index (χ3v) is 5.60. The number of nitrogens with one attached hydrogen (secondary N) is 2. The molecule has 0 radical (unpaired) electrons. The summed E-state index contributed by atoms with van der Waals surface area (Å²) in [6, 6.07) is 4.23. The summed E-state index contributed by atoms with van der Waals surface area (Å²) in [6.45, 7) is 2.06. The standard InChI is InChI=1S/C23H31FN4O5/c1-16(29)27-23(11-5-3-4-6-12-23)22-26-21(33-28-22)10-9-20(30)25-17-7-8-19(18(24)15-17)32-14-13-31-2/h7-8,15H,3-6,9-14H2,1-2H3,(H,25,30)(H,27,29). The number of methoxy groups -OCH3 is 1. The first kappa shape index (κ1) is 24.6. The minimum atomic E-state index is -0.628. The van der Waals surface area contributed by atoms with Crippen LogP contribution < -0.4 is 15.4 Å². The van der Waals surface area contributed by atoms with Crippen molar-refractivity contribution in [3.8, 4) is 5.75 Å². The van der Waals surface area contributed by atoms with Crippen LogP contribution in [0.4, 0.5) is 10.1 Å². The van der Waals surface area contributed by atoms with Crippen LogP contribution in [0.3, 0.4) is 0 Å². The fourth-order valence-electron chi connectivity index (χ4n) is 4.00. The third kappa shape index (κ3) is 6.98. The zero-order valence-corrected chi connectivity index (χ0v) is 19.1. The molecule has 1 heterocycles. The Morgan fingerprint density at radius 1 is 1.18 bits per heavy atom. The molecule has 33 heavy (non-hydrogen) atoms. The van der Waals surface area contributed by atoms with Gasteiger partial charge in [0.2, 0.25) is 17.7 Å². The zero-order valence-electron chi connectivity index (χ0n) is 19.1. The van der Waals surface area contributed by atoms with Crippen molar-refractivity contribution in [2.45, 2.75) is 63.8 Å². The van der Waals surface area contributed by atoms with Gasteiger partial charge in [-0.15, -0.1) is 0 Å². The van der Waals surface area contributed by atoms with E-state index < -0.39 is 11.4 Å². The quantitative estimate of drug-likeness (QED) is 0.410. The number of aromatic nitrogens is 2. The molecule has 0 aliphatic heterocycles. The highest BCUT2D eigenvalue weighted by atomic mass is 19.1. The topological polar surface area (TPSA) is 116 Å². The Hall–Kier alpha value is -3.01. The largest absolute Gasteiger partial charge is 0.488 e. The van der Waals surface area contributed by atoms with Gasteiger partial charge in [0.15, 0.2) is 17.4 Å². The molecule has 180 valence electrons. The molecule has 2 amide bonds. The molecule has 0 atom stereocenters. The molecular formula is C23H31FN4O5. The number of anilines is 1. The number of nitrogens with zero attached hydrogens (tertiary/aromatic N) is 2. The van der Waals surface area contributed by atoms with Crippen LogP contribution in [0, 0.1) is 5.82 Å². The normalized spacial score (nSPS) is 15.5. The fourth-order valence-corrected chi connectivity index (χ4v) is 4.00. The molecule has 3 rings (SSSR count). The van der Waals surface area contributed by atoms with Gasteiger partial charge in [0.05, 0.1) is 6.61 Å². The Labute approximate surface area is 192 Å². The van der Waals surface area contributed by atoms with Gasteiger partial charge in [-0.1, -0.05) is 30.8 Å². The lowest BCUT2D eigenvalue weighted by Gasteiger charge is -2.30. The minimum Gasteiger partial charge on any atom is -0.488 e. The second-order valence-corrected chi connectivity index (χ2v) is 8.22. The predicted octanol–water partition coefficient (Wildman–Crippen LogP) is 3.49. The summed E-state index contributed by atoms with van der Waals surface area (Å²) in [6.07, 6.45) is 5.97. The van der Waals surface area contributed by atoms with Crippen molar-refractivity contribution in [3.63, 3.8) is 0 Å². The zero-order chi connectivity index (χ0) is 23.7. The average Bonchev–Trinajstić information content (AvgIpc) is 3.14. The Bertz CT molecular complexity index is 941. The highest BCUT2D eigenvalue weighted by Gasteiger charge is 2.38. The van der Waals surface area contributed by atoms with Crippen molar-refractivity contribution in [3.05, 3.63) is 35.7 Å². The van der Waals surface area contributed by atoms with Crippen molar-refractivity contribution in [2.75, 3.05) is 25.6 Å². The Morgan fingerprint density at radius 2 is 1.94 bits per heavy atom. The fraction of sp³-hybridized carbons (Fsp3) is 0.565. The van der Waals surface area contributed by atoms with Gasteiger partial charge in [-0.05, 0) is 25.0 Å². The number of carbonyl (C=O) groups is 2. The molecule has 1 aliphatic rings. The van der Waals surface area contributed by atoms with Gasteiger partial charge in [0.25, 0.3) is 0 Å². The summed E-state index contributed by atoms with van der Waals surface area (Å²) in [5.74, 6) is -0.145. The number of ether oxygens (including phenoxy) is 2. The number of rotatable bonds is 10. The number of amides is 2. The van der Waals surface area contributed by atoms with Crippen molar-refractivity contribution in [1.29, 1.82) is 0 Å². The molecule has 1 saturated carbocycles. The summed E-state index contributed by atoms with van der Waals surface area (Å²) in [4.78, 5) is 28.6. The van der Waals surface area contributed by atoms with Crippen LogP contribution in [-0.4, -0.2) is 42.3 Å². The van der Waals surface area contributed by atoms with Gasteiger partial charge < -0.3 is 24.6 Å². The number of hydrogen-bond acceptors (Lipinski definition) is 7. The first-order valence-corrected chi connectivity index (χ1v) is 11.2. The molecule has 1 fully saturated rings. The van der Waals surface area contributed by atoms with Crippen LogP contribution in [-0.2, 0) is 26.3 Å². The van der Waals surface area contributed by atoms with Gasteiger partial charge in [-0.25, -0.2) is 4.39 Å². The number of aryl methyl sites for hydroxylation is 1. The first-order chi connectivity index (χ1) is 15.9. The minimum absolute atomic E-state index is 0.0858. The van der Waals surface area contributed by atoms with Crippen molar-refractivity contribution in [2.24, 2.45) is 0 Å².